The quantitative estimate of drug-likeness (QED) is 0.152. The zero-order chi connectivity index (χ0) is 35.1. The maximum absolute atomic E-state index is 14.2. The van der Waals surface area contributed by atoms with Crippen molar-refractivity contribution in [3.05, 3.63) is 108 Å². The van der Waals surface area contributed by atoms with Gasteiger partial charge in [0, 0.05) is 30.4 Å². The average Bonchev–Trinajstić information content (AvgIpc) is 3.31. The van der Waals surface area contributed by atoms with Crippen molar-refractivity contribution in [1.82, 2.24) is 0 Å². The van der Waals surface area contributed by atoms with Crippen LogP contribution in [0.4, 0.5) is 0 Å². The van der Waals surface area contributed by atoms with E-state index in [2.05, 4.69) is 6.58 Å². The maximum atomic E-state index is 14.2. The number of carbonyl (C=O) groups is 4. The van der Waals surface area contributed by atoms with Gasteiger partial charge in [-0.15, -0.1) is 0 Å². The van der Waals surface area contributed by atoms with Gasteiger partial charge in [-0.1, -0.05) is 107 Å². The van der Waals surface area contributed by atoms with Crippen LogP contribution in [0.3, 0.4) is 0 Å². The summed E-state index contributed by atoms with van der Waals surface area (Å²) in [5, 5.41) is 12.2. The number of carbonyl (C=O) groups excluding carboxylic acids is 4. The van der Waals surface area contributed by atoms with Crippen LogP contribution in [-0.2, 0) is 33.4 Å². The largest absolute Gasteiger partial charge is 0.458 e. The van der Waals surface area contributed by atoms with E-state index >= 15 is 0 Å². The minimum Gasteiger partial charge on any atom is -0.458 e. The third kappa shape index (κ3) is 8.86. The van der Waals surface area contributed by atoms with E-state index in [1.54, 1.807) is 32.1 Å². The first-order valence-electron chi connectivity index (χ1n) is 16.4. The predicted molar refractivity (Wildman–Crippen MR) is 184 cm³/mol. The number of hydrogen-bond acceptors (Lipinski definition) is 8. The van der Waals surface area contributed by atoms with Gasteiger partial charge in [0.15, 0.2) is 5.78 Å². The van der Waals surface area contributed by atoms with Gasteiger partial charge in [0.2, 0.25) is 0 Å². The molecular weight excluding hydrogens is 608 g/mol. The van der Waals surface area contributed by atoms with Crippen molar-refractivity contribution in [3.8, 4) is 0 Å². The Labute approximate surface area is 283 Å². The Hall–Kier alpha value is -4.56. The summed E-state index contributed by atoms with van der Waals surface area (Å²) in [6.07, 6.45) is 7.28. The van der Waals surface area contributed by atoms with E-state index in [0.29, 0.717) is 12.0 Å². The van der Waals surface area contributed by atoms with Gasteiger partial charge in [-0.2, -0.15) is 0 Å². The van der Waals surface area contributed by atoms with E-state index in [-0.39, 0.29) is 12.8 Å². The van der Waals surface area contributed by atoms with Gasteiger partial charge in [-0.25, -0.2) is 9.59 Å². The molecule has 254 valence electrons. The molecule has 1 N–H and O–H groups in total. The second-order valence-electron chi connectivity index (χ2n) is 13.5. The average molecular weight is 655 g/mol. The lowest BCUT2D eigenvalue weighted by molar-refractivity contribution is -0.170. The lowest BCUT2D eigenvalue weighted by Crippen LogP contribution is -2.54. The first-order chi connectivity index (χ1) is 22.7. The first-order valence-corrected chi connectivity index (χ1v) is 16.4. The van der Waals surface area contributed by atoms with E-state index in [4.69, 9.17) is 14.2 Å². The van der Waals surface area contributed by atoms with Gasteiger partial charge in [0.1, 0.15) is 23.9 Å². The van der Waals surface area contributed by atoms with Crippen LogP contribution in [0.1, 0.15) is 65.0 Å². The summed E-state index contributed by atoms with van der Waals surface area (Å²) >= 11 is 0. The summed E-state index contributed by atoms with van der Waals surface area (Å²) in [4.78, 5) is 52.8. The molecule has 0 bridgehead atoms. The van der Waals surface area contributed by atoms with Crippen molar-refractivity contribution in [2.75, 3.05) is 0 Å². The topological polar surface area (TPSA) is 116 Å². The van der Waals surface area contributed by atoms with Gasteiger partial charge >= 0.3 is 17.9 Å². The molecule has 8 heteroatoms. The van der Waals surface area contributed by atoms with E-state index in [9.17, 15) is 24.3 Å². The number of aliphatic hydroxyl groups is 1. The number of ketones is 1. The van der Waals surface area contributed by atoms with E-state index in [0.717, 1.165) is 11.1 Å². The highest BCUT2D eigenvalue weighted by molar-refractivity contribution is 5.92. The zero-order valence-corrected chi connectivity index (χ0v) is 28.3. The molecule has 7 atom stereocenters. The van der Waals surface area contributed by atoms with Gasteiger partial charge in [-0.05, 0) is 54.0 Å². The summed E-state index contributed by atoms with van der Waals surface area (Å²) in [5.41, 5.74) is -0.647. The highest BCUT2D eigenvalue weighted by Crippen LogP contribution is 2.48. The van der Waals surface area contributed by atoms with E-state index in [1.807, 2.05) is 80.6 Å². The normalized spacial score (nSPS) is 29.8. The van der Waals surface area contributed by atoms with Crippen LogP contribution in [-0.4, -0.2) is 52.7 Å². The van der Waals surface area contributed by atoms with Crippen LogP contribution < -0.4 is 0 Å². The molecule has 8 nitrogen and oxygen atoms in total. The van der Waals surface area contributed by atoms with Crippen molar-refractivity contribution in [2.24, 2.45) is 23.2 Å². The molecule has 2 aliphatic rings. The standard InChI is InChI=1S/C40H46O8/c1-26-17-20-32(47-33(42)21-18-30-13-9-7-10-14-30)39(5,6)24-23-27(2)38(44)40(45)25-28(3)37(35(40)36(26)46-29(4)41)48-34(43)22-19-31-15-11-8-12-16-31/h7-16,18-19,21-24,27-28,32,35-37,45H,1,17,20,25H2,2-6H3/b21-18+,22-19+,24-23+/t27-,28-,32-,35-,36-,37-,40+/m0/s1. The predicted octanol–water partition coefficient (Wildman–Crippen LogP) is 6.69. The summed E-state index contributed by atoms with van der Waals surface area (Å²) in [7, 11) is 0. The van der Waals surface area contributed by atoms with E-state index < -0.39 is 70.8 Å². The Morgan fingerprint density at radius 1 is 0.875 bits per heavy atom. The van der Waals surface area contributed by atoms with Gasteiger partial charge in [0.05, 0.1) is 5.92 Å². The lowest BCUT2D eigenvalue weighted by atomic mass is 9.73. The molecule has 0 radical (unpaired) electrons. The van der Waals surface area contributed by atoms with Crippen molar-refractivity contribution >= 4 is 35.8 Å². The Balaban J connectivity index is 1.67. The number of Topliss-reactive ketones (excluding diaryl/α,β-unsaturated/α-hetero) is 1. The van der Waals surface area contributed by atoms with Gasteiger partial charge in [0.25, 0.3) is 0 Å². The summed E-state index contributed by atoms with van der Waals surface area (Å²) < 4.78 is 17.8. The fraction of sp³-hybridized carbons (Fsp3) is 0.400. The fourth-order valence-electron chi connectivity index (χ4n) is 6.67. The third-order valence-corrected chi connectivity index (χ3v) is 9.27. The van der Waals surface area contributed by atoms with Crippen LogP contribution in [0.15, 0.2) is 97.1 Å². The SMILES string of the molecule is C=C1CC[C@H](OC(=O)/C=C/c2ccccc2)C(C)(C)/C=C/[C@H](C)C(=O)[C@@]2(O)C[C@H](C)[C@H](OC(=O)/C=C/c3ccccc3)[C@@H]2[C@H]1OC(C)=O. The van der Waals surface area contributed by atoms with Crippen molar-refractivity contribution in [1.29, 1.82) is 0 Å². The molecule has 2 aromatic rings. The second kappa shape index (κ2) is 15.6. The molecule has 0 spiro atoms. The smallest absolute Gasteiger partial charge is 0.331 e. The van der Waals surface area contributed by atoms with Gasteiger partial charge in [-0.3, -0.25) is 9.59 Å². The molecule has 0 saturated heterocycles. The Morgan fingerprint density at radius 2 is 1.42 bits per heavy atom. The van der Waals surface area contributed by atoms with Crippen LogP contribution in [0.2, 0.25) is 0 Å². The molecule has 1 saturated carbocycles. The molecule has 4 rings (SSSR count). The molecule has 0 aliphatic heterocycles. The number of esters is 3. The van der Waals surface area contributed by atoms with Crippen molar-refractivity contribution < 1.29 is 38.5 Å². The summed E-state index contributed by atoms with van der Waals surface area (Å²) in [6, 6.07) is 18.6. The molecule has 2 aromatic carbocycles. The van der Waals surface area contributed by atoms with E-state index in [1.165, 1.54) is 19.1 Å². The second-order valence-corrected chi connectivity index (χ2v) is 13.5. The Kier molecular flexibility index (Phi) is 11.8. The molecule has 0 amide bonds. The highest BCUT2D eigenvalue weighted by atomic mass is 16.6. The Morgan fingerprint density at radius 3 is 1.96 bits per heavy atom. The van der Waals surface area contributed by atoms with Crippen LogP contribution >= 0.6 is 0 Å². The van der Waals surface area contributed by atoms with Crippen LogP contribution in [0, 0.1) is 23.2 Å². The fourth-order valence-corrected chi connectivity index (χ4v) is 6.67. The minimum atomic E-state index is -1.99. The molecule has 0 aromatic heterocycles. The lowest BCUT2D eigenvalue weighted by Gasteiger charge is -2.39. The van der Waals surface area contributed by atoms with Crippen LogP contribution in [0.25, 0.3) is 12.2 Å². The third-order valence-electron chi connectivity index (χ3n) is 9.27. The number of benzene rings is 2. The number of hydrogen-bond donors (Lipinski definition) is 1. The highest BCUT2D eigenvalue weighted by Gasteiger charge is 2.61. The molecule has 1 fully saturated rings. The number of ether oxygens (including phenoxy) is 3. The van der Waals surface area contributed by atoms with Crippen molar-refractivity contribution in [3.63, 3.8) is 0 Å². The first kappa shape index (κ1) is 36.3. The van der Waals surface area contributed by atoms with Crippen LogP contribution in [0.5, 0.6) is 0 Å². The summed E-state index contributed by atoms with van der Waals surface area (Å²) in [5.74, 6) is -4.66. The zero-order valence-electron chi connectivity index (χ0n) is 28.3. The minimum absolute atomic E-state index is 0.00253. The maximum Gasteiger partial charge on any atom is 0.331 e. The molecular formula is C40H46O8. The number of rotatable bonds is 7. The molecule has 48 heavy (non-hydrogen) atoms. The number of fused-ring (bicyclic) bond motifs is 1. The van der Waals surface area contributed by atoms with Gasteiger partial charge < -0.3 is 19.3 Å². The molecule has 2 aliphatic carbocycles. The molecule has 0 heterocycles. The monoisotopic (exact) mass is 654 g/mol. The number of allylic oxidation sites excluding steroid dienone is 1. The Bertz CT molecular complexity index is 1570. The van der Waals surface area contributed by atoms with Crippen molar-refractivity contribution in [2.45, 2.75) is 77.8 Å². The molecule has 0 unspecified atom stereocenters. The summed E-state index contributed by atoms with van der Waals surface area (Å²) in [6.45, 7) is 12.8.